The molecule has 2 aromatic rings. The molecule has 6 nitrogen and oxygen atoms in total. The number of hydrogen-bond acceptors (Lipinski definition) is 4. The van der Waals surface area contributed by atoms with Crippen LogP contribution in [-0.2, 0) is 0 Å². The van der Waals surface area contributed by atoms with Crippen LogP contribution in [-0.4, -0.2) is 44.3 Å². The number of nitrogens with one attached hydrogen (secondary N) is 1. The lowest BCUT2D eigenvalue weighted by atomic mass is 9.95. The van der Waals surface area contributed by atoms with Gasteiger partial charge in [-0.3, -0.25) is 4.79 Å². The van der Waals surface area contributed by atoms with Gasteiger partial charge in [-0.15, -0.1) is 0 Å². The van der Waals surface area contributed by atoms with Crippen LogP contribution in [0.25, 0.3) is 11.0 Å². The topological polar surface area (TPSA) is 66.8 Å². The maximum atomic E-state index is 12.4. The van der Waals surface area contributed by atoms with Crippen molar-refractivity contribution in [2.45, 2.75) is 63.8 Å². The zero-order valence-corrected chi connectivity index (χ0v) is 14.5. The number of aromatic nitrogens is 4. The Labute approximate surface area is 142 Å². The number of rotatable bonds is 5. The van der Waals surface area contributed by atoms with Gasteiger partial charge < -0.3 is 9.88 Å². The summed E-state index contributed by atoms with van der Waals surface area (Å²) in [6, 6.07) is 0.404. The minimum Gasteiger partial charge on any atom is -0.310 e. The monoisotopic (exact) mass is 329 g/mol. The molecule has 0 unspecified atom stereocenters. The van der Waals surface area contributed by atoms with Crippen LogP contribution in [0.3, 0.4) is 0 Å². The van der Waals surface area contributed by atoms with Crippen molar-refractivity contribution in [2.75, 3.05) is 19.6 Å². The molecule has 0 spiro atoms. The first-order valence-corrected chi connectivity index (χ1v) is 9.46. The molecular formula is C18H27N5O. The van der Waals surface area contributed by atoms with Gasteiger partial charge in [0.25, 0.3) is 5.56 Å². The van der Waals surface area contributed by atoms with Crippen molar-refractivity contribution in [1.82, 2.24) is 24.6 Å². The number of hydrogen-bond donors (Lipinski definition) is 1. The molecule has 1 saturated carbocycles. The van der Waals surface area contributed by atoms with Crippen LogP contribution in [0.2, 0.25) is 0 Å². The molecule has 0 aromatic carbocycles. The van der Waals surface area contributed by atoms with Crippen LogP contribution in [0.5, 0.6) is 0 Å². The third-order valence-electron chi connectivity index (χ3n) is 5.57. The van der Waals surface area contributed by atoms with Gasteiger partial charge in [-0.25, -0.2) is 9.67 Å². The highest BCUT2D eigenvalue weighted by atomic mass is 16.1. The predicted molar refractivity (Wildman–Crippen MR) is 94.4 cm³/mol. The number of nitrogens with zero attached hydrogens (tertiary/aromatic N) is 4. The number of unbranched alkanes of at least 4 members (excludes halogenated alkanes) is 1. The molecule has 3 heterocycles. The van der Waals surface area contributed by atoms with E-state index in [1.165, 1.54) is 32.1 Å². The van der Waals surface area contributed by atoms with Gasteiger partial charge in [0.05, 0.1) is 12.2 Å². The summed E-state index contributed by atoms with van der Waals surface area (Å²) >= 11 is 0. The summed E-state index contributed by atoms with van der Waals surface area (Å²) in [4.78, 5) is 22.7. The second-order valence-electron chi connectivity index (χ2n) is 7.38. The molecule has 0 amide bonds. The number of fused-ring (bicyclic) bond motifs is 1. The first-order valence-electron chi connectivity index (χ1n) is 9.46. The lowest BCUT2D eigenvalue weighted by Gasteiger charge is -2.38. The van der Waals surface area contributed by atoms with E-state index in [1.54, 1.807) is 6.20 Å². The van der Waals surface area contributed by atoms with Crippen molar-refractivity contribution in [2.24, 2.45) is 0 Å². The summed E-state index contributed by atoms with van der Waals surface area (Å²) in [7, 11) is 0. The summed E-state index contributed by atoms with van der Waals surface area (Å²) in [6.45, 7) is 5.38. The maximum Gasteiger partial charge on any atom is 0.262 e. The second kappa shape index (κ2) is 6.67. The first-order chi connectivity index (χ1) is 11.8. The van der Waals surface area contributed by atoms with Crippen LogP contribution < -0.4 is 5.56 Å². The molecule has 6 heteroatoms. The second-order valence-corrected chi connectivity index (χ2v) is 7.38. The highest BCUT2D eigenvalue weighted by Crippen LogP contribution is 2.30. The summed E-state index contributed by atoms with van der Waals surface area (Å²) < 4.78 is 2.01. The van der Waals surface area contributed by atoms with Crippen molar-refractivity contribution >= 4 is 11.0 Å². The minimum absolute atomic E-state index is 0.0379. The van der Waals surface area contributed by atoms with E-state index in [0.717, 1.165) is 43.9 Å². The Morgan fingerprint density at radius 1 is 1.25 bits per heavy atom. The third kappa shape index (κ3) is 2.88. The van der Waals surface area contributed by atoms with Crippen LogP contribution >= 0.6 is 0 Å². The number of aromatic amines is 1. The molecule has 4 rings (SSSR count). The van der Waals surface area contributed by atoms with Gasteiger partial charge in [-0.05, 0) is 25.8 Å². The van der Waals surface area contributed by atoms with E-state index in [2.05, 4.69) is 21.9 Å². The quantitative estimate of drug-likeness (QED) is 0.916. The van der Waals surface area contributed by atoms with Gasteiger partial charge in [0, 0.05) is 19.0 Å². The Hall–Kier alpha value is -1.69. The van der Waals surface area contributed by atoms with Crippen molar-refractivity contribution < 1.29 is 0 Å². The van der Waals surface area contributed by atoms with Crippen LogP contribution in [0.15, 0.2) is 11.0 Å². The SMILES string of the molecule is CCCCN1CC(c2nc3c(cnn3C3CCCCC3)c(=O)[nH]2)C1. The Morgan fingerprint density at radius 3 is 2.79 bits per heavy atom. The molecule has 2 fully saturated rings. The molecule has 0 radical (unpaired) electrons. The van der Waals surface area contributed by atoms with E-state index in [0.29, 0.717) is 17.3 Å². The molecule has 130 valence electrons. The molecule has 24 heavy (non-hydrogen) atoms. The summed E-state index contributed by atoms with van der Waals surface area (Å²) in [5, 5.41) is 5.13. The Bertz CT molecular complexity index is 752. The fourth-order valence-electron chi connectivity index (χ4n) is 4.05. The largest absolute Gasteiger partial charge is 0.310 e. The highest BCUT2D eigenvalue weighted by molar-refractivity contribution is 5.73. The molecule has 0 bridgehead atoms. The zero-order chi connectivity index (χ0) is 16.5. The molecule has 2 aromatic heterocycles. The Kier molecular flexibility index (Phi) is 4.39. The molecule has 1 N–H and O–H groups in total. The summed E-state index contributed by atoms with van der Waals surface area (Å²) in [5.74, 6) is 1.20. The molecule has 2 aliphatic rings. The van der Waals surface area contributed by atoms with Crippen LogP contribution in [0.4, 0.5) is 0 Å². The number of H-pyrrole nitrogens is 1. The van der Waals surface area contributed by atoms with Gasteiger partial charge in [-0.2, -0.15) is 5.10 Å². The van der Waals surface area contributed by atoms with Crippen molar-refractivity contribution in [1.29, 1.82) is 0 Å². The molecule has 1 saturated heterocycles. The lowest BCUT2D eigenvalue weighted by molar-refractivity contribution is 0.141. The molecule has 1 aliphatic carbocycles. The van der Waals surface area contributed by atoms with Crippen LogP contribution in [0.1, 0.15) is 69.7 Å². The molecule has 0 atom stereocenters. The van der Waals surface area contributed by atoms with Gasteiger partial charge in [0.1, 0.15) is 11.2 Å². The van der Waals surface area contributed by atoms with E-state index < -0.39 is 0 Å². The van der Waals surface area contributed by atoms with Gasteiger partial charge in [0.15, 0.2) is 5.65 Å². The van der Waals surface area contributed by atoms with Crippen LogP contribution in [0, 0.1) is 0 Å². The Balaban J connectivity index is 1.58. The molecular weight excluding hydrogens is 302 g/mol. The fourth-order valence-corrected chi connectivity index (χ4v) is 4.05. The summed E-state index contributed by atoms with van der Waals surface area (Å²) in [6.07, 6.45) is 10.3. The Morgan fingerprint density at radius 2 is 2.04 bits per heavy atom. The normalized spacial score (nSPS) is 20.5. The zero-order valence-electron chi connectivity index (χ0n) is 14.5. The number of likely N-dealkylation sites (tertiary alicyclic amines) is 1. The van der Waals surface area contributed by atoms with E-state index in [1.807, 2.05) is 4.68 Å². The molecule has 1 aliphatic heterocycles. The van der Waals surface area contributed by atoms with Crippen molar-refractivity contribution in [3.05, 3.63) is 22.4 Å². The van der Waals surface area contributed by atoms with Gasteiger partial charge >= 0.3 is 0 Å². The lowest BCUT2D eigenvalue weighted by Crippen LogP contribution is -2.46. The van der Waals surface area contributed by atoms with E-state index in [-0.39, 0.29) is 5.56 Å². The van der Waals surface area contributed by atoms with E-state index in [4.69, 9.17) is 4.98 Å². The average Bonchev–Trinajstić information content (AvgIpc) is 2.99. The predicted octanol–water partition coefficient (Wildman–Crippen LogP) is 2.82. The van der Waals surface area contributed by atoms with Gasteiger partial charge in [-0.1, -0.05) is 32.6 Å². The third-order valence-corrected chi connectivity index (χ3v) is 5.57. The summed E-state index contributed by atoms with van der Waals surface area (Å²) in [5.41, 5.74) is 0.747. The van der Waals surface area contributed by atoms with Crippen molar-refractivity contribution in [3.63, 3.8) is 0 Å². The smallest absolute Gasteiger partial charge is 0.262 e. The maximum absolute atomic E-state index is 12.4. The van der Waals surface area contributed by atoms with E-state index >= 15 is 0 Å². The fraction of sp³-hybridized carbons (Fsp3) is 0.722. The first kappa shape index (κ1) is 15.8. The highest BCUT2D eigenvalue weighted by Gasteiger charge is 2.30. The standard InChI is InChI=1S/C18H27N5O/c1-2-3-9-22-11-13(12-22)16-20-17-15(18(24)21-16)10-19-23(17)14-7-5-4-6-8-14/h10,13-14H,2-9,11-12H2,1H3,(H,20,21,24). The minimum atomic E-state index is -0.0379. The van der Waals surface area contributed by atoms with Crippen molar-refractivity contribution in [3.8, 4) is 0 Å². The van der Waals surface area contributed by atoms with Gasteiger partial charge in [0.2, 0.25) is 0 Å². The average molecular weight is 329 g/mol. The van der Waals surface area contributed by atoms with E-state index in [9.17, 15) is 4.79 Å².